The minimum atomic E-state index is 1.13. The van der Waals surface area contributed by atoms with Crippen molar-refractivity contribution in [2.45, 2.75) is 40.0 Å². The number of hydrogen-bond donors (Lipinski definition) is 0. The first-order valence-electron chi connectivity index (χ1n) is 4.22. The topological polar surface area (TPSA) is 12.9 Å². The van der Waals surface area contributed by atoms with Crippen LogP contribution in [-0.2, 0) is 6.42 Å². The maximum Gasteiger partial charge on any atom is 0.0794 e. The molecule has 0 saturated heterocycles. The van der Waals surface area contributed by atoms with E-state index in [0.717, 1.165) is 6.42 Å². The Bertz CT molecular complexity index is 147. The predicted molar refractivity (Wildman–Crippen MR) is 52.1 cm³/mol. The van der Waals surface area contributed by atoms with Crippen LogP contribution in [0, 0.1) is 0 Å². The lowest BCUT2D eigenvalue weighted by atomic mass is 10.3. The summed E-state index contributed by atoms with van der Waals surface area (Å²) in [6.07, 6.45) is 3.58. The highest BCUT2D eigenvalue weighted by atomic mass is 32.1. The molecule has 0 saturated carbocycles. The Kier molecular flexibility index (Phi) is 7.47. The zero-order valence-electron chi connectivity index (χ0n) is 7.63. The van der Waals surface area contributed by atoms with Gasteiger partial charge in [-0.15, -0.1) is 11.3 Å². The van der Waals surface area contributed by atoms with Gasteiger partial charge in [-0.1, -0.05) is 33.6 Å². The van der Waals surface area contributed by atoms with Gasteiger partial charge in [0, 0.05) is 5.38 Å². The van der Waals surface area contributed by atoms with Gasteiger partial charge in [-0.25, -0.2) is 4.98 Å². The summed E-state index contributed by atoms with van der Waals surface area (Å²) in [7, 11) is 0. The lowest BCUT2D eigenvalue weighted by molar-refractivity contribution is 0.893. The van der Waals surface area contributed by atoms with Crippen LogP contribution in [0.25, 0.3) is 0 Å². The van der Waals surface area contributed by atoms with Crippen LogP contribution in [0.1, 0.15) is 39.3 Å². The largest absolute Gasteiger partial charge is 0.250 e. The number of rotatable bonds is 2. The summed E-state index contributed by atoms with van der Waals surface area (Å²) in [5, 5.41) is 2.10. The van der Waals surface area contributed by atoms with Gasteiger partial charge in [0.2, 0.25) is 0 Å². The van der Waals surface area contributed by atoms with Crippen LogP contribution in [0.2, 0.25) is 0 Å². The molecular weight excluding hydrogens is 154 g/mol. The molecule has 2 heteroatoms. The van der Waals surface area contributed by atoms with Gasteiger partial charge < -0.3 is 0 Å². The molecule has 0 fully saturated rings. The number of hydrogen-bond acceptors (Lipinski definition) is 2. The highest BCUT2D eigenvalue weighted by molar-refractivity contribution is 7.07. The summed E-state index contributed by atoms with van der Waals surface area (Å²) in [6, 6.07) is 0. The SMILES string of the molecule is CCC.CCCc1cscn1. The summed E-state index contributed by atoms with van der Waals surface area (Å²) in [5.74, 6) is 0. The maximum absolute atomic E-state index is 4.12. The summed E-state index contributed by atoms with van der Waals surface area (Å²) in [5.41, 5.74) is 3.11. The van der Waals surface area contributed by atoms with E-state index < -0.39 is 0 Å². The second-order valence-corrected chi connectivity index (χ2v) is 3.16. The molecule has 0 unspecified atom stereocenters. The fourth-order valence-corrected chi connectivity index (χ4v) is 1.21. The smallest absolute Gasteiger partial charge is 0.0794 e. The van der Waals surface area contributed by atoms with Crippen LogP contribution in [0.5, 0.6) is 0 Å². The van der Waals surface area contributed by atoms with Crippen molar-refractivity contribution < 1.29 is 0 Å². The van der Waals surface area contributed by atoms with Gasteiger partial charge in [-0.2, -0.15) is 0 Å². The van der Waals surface area contributed by atoms with Crippen molar-refractivity contribution in [1.29, 1.82) is 0 Å². The van der Waals surface area contributed by atoms with Crippen LogP contribution >= 0.6 is 11.3 Å². The van der Waals surface area contributed by atoms with Gasteiger partial charge in [0.1, 0.15) is 0 Å². The maximum atomic E-state index is 4.12. The van der Waals surface area contributed by atoms with Gasteiger partial charge >= 0.3 is 0 Å². The number of nitrogens with zero attached hydrogens (tertiary/aromatic N) is 1. The van der Waals surface area contributed by atoms with E-state index in [-0.39, 0.29) is 0 Å². The van der Waals surface area contributed by atoms with Crippen molar-refractivity contribution in [2.75, 3.05) is 0 Å². The molecule has 0 radical (unpaired) electrons. The van der Waals surface area contributed by atoms with Gasteiger partial charge in [0.25, 0.3) is 0 Å². The molecule has 0 aliphatic rings. The summed E-state index contributed by atoms with van der Waals surface area (Å²) in [6.45, 7) is 6.42. The van der Waals surface area contributed by atoms with Crippen LogP contribution in [-0.4, -0.2) is 4.98 Å². The molecule has 1 nitrogen and oxygen atoms in total. The lowest BCUT2D eigenvalue weighted by Gasteiger charge is -1.84. The lowest BCUT2D eigenvalue weighted by Crippen LogP contribution is -1.78. The normalized spacial score (nSPS) is 8.64. The molecule has 0 atom stereocenters. The Morgan fingerprint density at radius 2 is 2.00 bits per heavy atom. The average molecular weight is 171 g/mol. The monoisotopic (exact) mass is 171 g/mol. The van der Waals surface area contributed by atoms with E-state index in [1.807, 2.05) is 5.51 Å². The first-order chi connectivity index (χ1) is 5.35. The Morgan fingerprint density at radius 3 is 2.36 bits per heavy atom. The molecule has 0 amide bonds. The Balaban J connectivity index is 0.000000292. The highest BCUT2D eigenvalue weighted by Gasteiger charge is 1.88. The first kappa shape index (κ1) is 10.6. The van der Waals surface area contributed by atoms with Gasteiger partial charge in [0.15, 0.2) is 0 Å². The Hall–Kier alpha value is -0.370. The quantitative estimate of drug-likeness (QED) is 0.663. The van der Waals surface area contributed by atoms with Crippen molar-refractivity contribution in [3.05, 3.63) is 16.6 Å². The molecule has 0 aliphatic heterocycles. The van der Waals surface area contributed by atoms with E-state index in [1.54, 1.807) is 11.3 Å². The molecule has 0 aliphatic carbocycles. The van der Waals surface area contributed by atoms with Crippen molar-refractivity contribution >= 4 is 11.3 Å². The first-order valence-corrected chi connectivity index (χ1v) is 5.16. The van der Waals surface area contributed by atoms with Crippen molar-refractivity contribution in [3.63, 3.8) is 0 Å². The highest BCUT2D eigenvalue weighted by Crippen LogP contribution is 2.02. The van der Waals surface area contributed by atoms with E-state index in [1.165, 1.54) is 18.5 Å². The third kappa shape index (κ3) is 6.05. The van der Waals surface area contributed by atoms with Crippen molar-refractivity contribution in [2.24, 2.45) is 0 Å². The molecule has 0 aromatic carbocycles. The zero-order valence-corrected chi connectivity index (χ0v) is 8.45. The van der Waals surface area contributed by atoms with E-state index in [9.17, 15) is 0 Å². The fourth-order valence-electron chi connectivity index (χ4n) is 0.617. The molecule has 0 N–H and O–H groups in total. The van der Waals surface area contributed by atoms with Crippen LogP contribution in [0.3, 0.4) is 0 Å². The molecule has 64 valence electrons. The molecule has 1 rings (SSSR count). The second-order valence-electron chi connectivity index (χ2n) is 2.44. The minimum Gasteiger partial charge on any atom is -0.250 e. The Labute approximate surface area is 73.5 Å². The summed E-state index contributed by atoms with van der Waals surface area (Å²) >= 11 is 1.67. The zero-order chi connectivity index (χ0) is 8.53. The van der Waals surface area contributed by atoms with E-state index >= 15 is 0 Å². The standard InChI is InChI=1S/C6H9NS.C3H8/c1-2-3-6-4-8-5-7-6;1-3-2/h4-5H,2-3H2,1H3;3H2,1-2H3. The third-order valence-corrected chi connectivity index (χ3v) is 1.62. The minimum absolute atomic E-state index is 1.13. The number of thiazole rings is 1. The third-order valence-electron chi connectivity index (χ3n) is 0.990. The molecule has 1 heterocycles. The van der Waals surface area contributed by atoms with E-state index in [4.69, 9.17) is 0 Å². The van der Waals surface area contributed by atoms with Gasteiger partial charge in [-0.3, -0.25) is 0 Å². The fraction of sp³-hybridized carbons (Fsp3) is 0.667. The molecule has 1 aromatic rings. The summed E-state index contributed by atoms with van der Waals surface area (Å²) < 4.78 is 0. The molecule has 0 spiro atoms. The van der Waals surface area contributed by atoms with Crippen LogP contribution in [0.4, 0.5) is 0 Å². The van der Waals surface area contributed by atoms with Crippen LogP contribution in [0.15, 0.2) is 10.9 Å². The molecular formula is C9H17NS. The van der Waals surface area contributed by atoms with Gasteiger partial charge in [-0.05, 0) is 6.42 Å². The summed E-state index contributed by atoms with van der Waals surface area (Å²) in [4.78, 5) is 4.12. The van der Waals surface area contributed by atoms with E-state index in [2.05, 4.69) is 31.1 Å². The molecule has 0 bridgehead atoms. The van der Waals surface area contributed by atoms with Crippen molar-refractivity contribution in [3.8, 4) is 0 Å². The van der Waals surface area contributed by atoms with Gasteiger partial charge in [0.05, 0.1) is 11.2 Å². The predicted octanol–water partition coefficient (Wildman–Crippen LogP) is 3.51. The number of aromatic nitrogens is 1. The second kappa shape index (κ2) is 7.73. The van der Waals surface area contributed by atoms with Crippen molar-refractivity contribution in [1.82, 2.24) is 4.98 Å². The van der Waals surface area contributed by atoms with E-state index in [0.29, 0.717) is 0 Å². The Morgan fingerprint density at radius 1 is 1.36 bits per heavy atom. The number of aryl methyl sites for hydroxylation is 1. The molecule has 1 aromatic heterocycles. The van der Waals surface area contributed by atoms with Crippen LogP contribution < -0.4 is 0 Å². The average Bonchev–Trinajstić information content (AvgIpc) is 2.42. The molecule has 11 heavy (non-hydrogen) atoms.